The fraction of sp³-hybridized carbons (Fsp3) is 0.128. The molecule has 246 valence electrons. The number of anilines is 2. The first kappa shape index (κ1) is 34.7. The number of thiophene rings is 1. The Bertz CT molecular complexity index is 2030. The molecule has 4 aromatic carbocycles. The van der Waals surface area contributed by atoms with Crippen molar-refractivity contribution in [3.63, 3.8) is 0 Å². The maximum absolute atomic E-state index is 13.6. The third kappa shape index (κ3) is 8.84. The molecule has 0 bridgehead atoms. The molecule has 0 aliphatic carbocycles. The second-order valence-corrected chi connectivity index (χ2v) is 13.1. The van der Waals surface area contributed by atoms with E-state index in [0.29, 0.717) is 39.5 Å². The summed E-state index contributed by atoms with van der Waals surface area (Å²) in [6.45, 7) is 3.93. The molecule has 1 atom stereocenters. The maximum Gasteiger partial charge on any atom is 0.272 e. The van der Waals surface area contributed by atoms with Gasteiger partial charge in [-0.1, -0.05) is 79.2 Å². The Morgan fingerprint density at radius 2 is 1.67 bits per heavy atom. The fourth-order valence-corrected chi connectivity index (χ4v) is 6.85. The van der Waals surface area contributed by atoms with Crippen LogP contribution in [-0.4, -0.2) is 30.1 Å². The number of carbonyl (C=O) groups is 3. The molecule has 0 aliphatic heterocycles. The predicted octanol–water partition coefficient (Wildman–Crippen LogP) is 8.52. The average molecular weight is 687 g/mol. The highest BCUT2D eigenvalue weighted by Crippen LogP contribution is 2.36. The zero-order valence-corrected chi connectivity index (χ0v) is 28.8. The van der Waals surface area contributed by atoms with E-state index in [-0.39, 0.29) is 11.6 Å². The highest BCUT2D eigenvalue weighted by atomic mass is 32.2. The third-order valence-corrected chi connectivity index (χ3v) is 9.76. The molecule has 0 radical (unpaired) electrons. The average Bonchev–Trinajstić information content (AvgIpc) is 3.53. The van der Waals surface area contributed by atoms with Crippen molar-refractivity contribution in [3.05, 3.63) is 136 Å². The Balaban J connectivity index is 1.32. The van der Waals surface area contributed by atoms with Crippen molar-refractivity contribution in [1.29, 1.82) is 5.26 Å². The van der Waals surface area contributed by atoms with Gasteiger partial charge < -0.3 is 20.7 Å². The summed E-state index contributed by atoms with van der Waals surface area (Å²) in [6.07, 6.45) is 2.10. The molecule has 1 aromatic heterocycles. The van der Waals surface area contributed by atoms with Crippen LogP contribution in [-0.2, 0) is 9.59 Å². The van der Waals surface area contributed by atoms with Crippen LogP contribution in [0.3, 0.4) is 0 Å². The molecule has 10 heteroatoms. The number of nitrogens with one attached hydrogen (secondary N) is 3. The number of amides is 3. The van der Waals surface area contributed by atoms with Gasteiger partial charge >= 0.3 is 0 Å². The minimum absolute atomic E-state index is 0.0245. The summed E-state index contributed by atoms with van der Waals surface area (Å²) in [5, 5.41) is 20.5. The van der Waals surface area contributed by atoms with E-state index in [9.17, 15) is 19.6 Å². The van der Waals surface area contributed by atoms with Gasteiger partial charge in [0, 0.05) is 32.7 Å². The highest BCUT2D eigenvalue weighted by Gasteiger charge is 2.22. The van der Waals surface area contributed by atoms with Crippen LogP contribution < -0.4 is 20.7 Å². The number of benzene rings is 4. The molecule has 3 N–H and O–H groups in total. The van der Waals surface area contributed by atoms with E-state index in [1.165, 1.54) is 30.2 Å². The summed E-state index contributed by atoms with van der Waals surface area (Å²) in [4.78, 5) is 40.9. The monoisotopic (exact) mass is 686 g/mol. The molecular weight excluding hydrogens is 653 g/mol. The van der Waals surface area contributed by atoms with Crippen LogP contribution in [0.5, 0.6) is 5.75 Å². The van der Waals surface area contributed by atoms with Crippen molar-refractivity contribution in [1.82, 2.24) is 5.32 Å². The van der Waals surface area contributed by atoms with Crippen LogP contribution in [0.2, 0.25) is 0 Å². The first-order valence-corrected chi connectivity index (χ1v) is 17.2. The Kier molecular flexibility index (Phi) is 11.7. The summed E-state index contributed by atoms with van der Waals surface area (Å²) in [5.41, 5.74) is 4.78. The number of hydrogen-bond donors (Lipinski definition) is 3. The van der Waals surface area contributed by atoms with Crippen LogP contribution in [0, 0.1) is 18.3 Å². The quantitative estimate of drug-likeness (QED) is 0.0894. The number of nitrogens with zero attached hydrogens (tertiary/aromatic N) is 1. The molecule has 0 spiro atoms. The van der Waals surface area contributed by atoms with Crippen LogP contribution in [0.1, 0.15) is 40.4 Å². The van der Waals surface area contributed by atoms with E-state index in [0.717, 1.165) is 21.6 Å². The number of ether oxygens (including phenoxy) is 1. The molecule has 0 saturated carbocycles. The zero-order chi connectivity index (χ0) is 34.8. The first-order valence-electron chi connectivity index (χ1n) is 15.5. The maximum atomic E-state index is 13.6. The molecular formula is C39H34N4O4S2. The largest absolute Gasteiger partial charge is 0.496 e. The van der Waals surface area contributed by atoms with Crippen molar-refractivity contribution in [3.8, 4) is 22.9 Å². The van der Waals surface area contributed by atoms with Crippen molar-refractivity contribution >= 4 is 57.6 Å². The number of methoxy groups -OCH3 is 1. The smallest absolute Gasteiger partial charge is 0.272 e. The Morgan fingerprint density at radius 3 is 2.39 bits per heavy atom. The lowest BCUT2D eigenvalue weighted by Crippen LogP contribution is -2.30. The topological polar surface area (TPSA) is 120 Å². The van der Waals surface area contributed by atoms with Gasteiger partial charge in [-0.25, -0.2) is 0 Å². The van der Waals surface area contributed by atoms with Gasteiger partial charge in [-0.2, -0.15) is 5.26 Å². The molecule has 5 rings (SSSR count). The van der Waals surface area contributed by atoms with Gasteiger partial charge in [0.1, 0.15) is 22.5 Å². The number of thioether (sulfide) groups is 1. The van der Waals surface area contributed by atoms with Crippen LogP contribution in [0.4, 0.5) is 10.7 Å². The molecule has 5 aromatic rings. The number of carbonyl (C=O) groups excluding carboxylic acids is 3. The lowest BCUT2D eigenvalue weighted by atomic mass is 10.0. The SMILES string of the molecule is CCC(Sc1cccc(NC(=O)/C(=C\c2ccccc2OC)NC(=O)c2ccccc2)c1)C(=O)Nc1scc(-c2ccc(C)cc2)c1C#N. The number of para-hydroxylation sites is 1. The van der Waals surface area contributed by atoms with Crippen molar-refractivity contribution in [2.75, 3.05) is 17.7 Å². The Labute approximate surface area is 293 Å². The standard InChI is InChI=1S/C39H34N4O4S2/c1-4-35(38(46)43-39-31(23-40)32(24-48-39)26-19-17-25(2)18-20-26)49-30-15-10-14-29(22-30)41-37(45)33(21-28-13-8-9-16-34(28)47-3)42-36(44)27-11-6-5-7-12-27/h5-22,24,35H,4H2,1-3H3,(H,41,45)(H,42,44)(H,43,46)/b33-21+. The zero-order valence-electron chi connectivity index (χ0n) is 27.2. The van der Waals surface area contributed by atoms with Crippen molar-refractivity contribution in [2.45, 2.75) is 30.4 Å². The van der Waals surface area contributed by atoms with Crippen LogP contribution >= 0.6 is 23.1 Å². The molecule has 0 fully saturated rings. The lowest BCUT2D eigenvalue weighted by Gasteiger charge is -2.16. The summed E-state index contributed by atoms with van der Waals surface area (Å²) in [5.74, 6) is -0.649. The summed E-state index contributed by atoms with van der Waals surface area (Å²) < 4.78 is 5.45. The summed E-state index contributed by atoms with van der Waals surface area (Å²) >= 11 is 2.68. The van der Waals surface area contributed by atoms with E-state index >= 15 is 0 Å². The second-order valence-electron chi connectivity index (χ2n) is 10.9. The van der Waals surface area contributed by atoms with Gasteiger partial charge in [0.25, 0.3) is 11.8 Å². The first-order chi connectivity index (χ1) is 23.8. The molecule has 1 unspecified atom stereocenters. The van der Waals surface area contributed by atoms with E-state index in [1.807, 2.05) is 61.7 Å². The molecule has 3 amide bonds. The third-order valence-electron chi connectivity index (χ3n) is 7.50. The van der Waals surface area contributed by atoms with Crippen molar-refractivity contribution in [2.24, 2.45) is 0 Å². The number of aryl methyl sites for hydroxylation is 1. The molecule has 49 heavy (non-hydrogen) atoms. The highest BCUT2D eigenvalue weighted by molar-refractivity contribution is 8.00. The van der Waals surface area contributed by atoms with Crippen molar-refractivity contribution < 1.29 is 19.1 Å². The van der Waals surface area contributed by atoms with Gasteiger partial charge in [-0.05, 0) is 61.4 Å². The van der Waals surface area contributed by atoms with E-state index in [4.69, 9.17) is 4.74 Å². The number of nitriles is 1. The van der Waals surface area contributed by atoms with Gasteiger partial charge in [-0.3, -0.25) is 14.4 Å². The lowest BCUT2D eigenvalue weighted by molar-refractivity contribution is -0.116. The Hall–Kier alpha value is -5.63. The molecule has 1 heterocycles. The number of hydrogen-bond acceptors (Lipinski definition) is 7. The van der Waals surface area contributed by atoms with E-state index < -0.39 is 17.1 Å². The van der Waals surface area contributed by atoms with Gasteiger partial charge in [0.15, 0.2) is 0 Å². The summed E-state index contributed by atoms with van der Waals surface area (Å²) in [7, 11) is 1.54. The fourth-order valence-electron chi connectivity index (χ4n) is 4.91. The van der Waals surface area contributed by atoms with Gasteiger partial charge in [0.2, 0.25) is 5.91 Å². The van der Waals surface area contributed by atoms with Crippen LogP contribution in [0.25, 0.3) is 17.2 Å². The van der Waals surface area contributed by atoms with E-state index in [1.54, 1.807) is 66.7 Å². The predicted molar refractivity (Wildman–Crippen MR) is 198 cm³/mol. The minimum atomic E-state index is -0.534. The molecule has 8 nitrogen and oxygen atoms in total. The van der Waals surface area contributed by atoms with Gasteiger partial charge in [-0.15, -0.1) is 23.1 Å². The molecule has 0 saturated heterocycles. The minimum Gasteiger partial charge on any atom is -0.496 e. The molecule has 0 aliphatic rings. The number of rotatable bonds is 12. The van der Waals surface area contributed by atoms with Crippen LogP contribution in [0.15, 0.2) is 119 Å². The normalized spacial score (nSPS) is 11.6. The second kappa shape index (κ2) is 16.5. The van der Waals surface area contributed by atoms with E-state index in [2.05, 4.69) is 22.0 Å². The van der Waals surface area contributed by atoms with Gasteiger partial charge in [0.05, 0.1) is 17.9 Å². The Morgan fingerprint density at radius 1 is 0.939 bits per heavy atom. The summed E-state index contributed by atoms with van der Waals surface area (Å²) in [6, 6.07) is 33.1.